The summed E-state index contributed by atoms with van der Waals surface area (Å²) in [5.41, 5.74) is 0. The monoisotopic (exact) mass is 159 g/mol. The molecule has 1 saturated heterocycles. The van der Waals surface area contributed by atoms with Crippen molar-refractivity contribution in [2.45, 2.75) is 12.8 Å². The Morgan fingerprint density at radius 2 is 2.00 bits per heavy atom. The highest BCUT2D eigenvalue weighted by atomic mass is 35.5. The van der Waals surface area contributed by atoms with Gasteiger partial charge in [-0.3, -0.25) is 0 Å². The topological polar surface area (TPSA) is 3.24 Å². The highest BCUT2D eigenvalue weighted by Gasteiger charge is 2.44. The summed E-state index contributed by atoms with van der Waals surface area (Å²) in [5, 5.41) is 0. The molecule has 0 N–H and O–H groups in total. The first-order chi connectivity index (χ1) is 4.90. The first kappa shape index (κ1) is 6.93. The Kier molecular flexibility index (Phi) is 1.88. The number of hydrogen-bond donors (Lipinski definition) is 0. The van der Waals surface area contributed by atoms with Crippen molar-refractivity contribution in [2.24, 2.45) is 11.8 Å². The van der Waals surface area contributed by atoms with Gasteiger partial charge in [0.1, 0.15) is 0 Å². The number of fused-ring (bicyclic) bond motifs is 1. The molecule has 1 heterocycles. The van der Waals surface area contributed by atoms with Crippen LogP contribution in [0.5, 0.6) is 0 Å². The van der Waals surface area contributed by atoms with Crippen LogP contribution in [0.25, 0.3) is 0 Å². The van der Waals surface area contributed by atoms with Crippen LogP contribution in [0.15, 0.2) is 0 Å². The number of hydrogen-bond acceptors (Lipinski definition) is 1. The Labute approximate surface area is 67.3 Å². The summed E-state index contributed by atoms with van der Waals surface area (Å²) in [6, 6.07) is 0. The average molecular weight is 160 g/mol. The van der Waals surface area contributed by atoms with E-state index in [0.717, 1.165) is 17.7 Å². The lowest BCUT2D eigenvalue weighted by Gasteiger charge is -2.15. The molecule has 1 aliphatic carbocycles. The van der Waals surface area contributed by atoms with Crippen LogP contribution in [0.2, 0.25) is 0 Å². The van der Waals surface area contributed by atoms with E-state index in [2.05, 4.69) is 4.90 Å². The largest absolute Gasteiger partial charge is 0.303 e. The molecule has 1 aliphatic heterocycles. The lowest BCUT2D eigenvalue weighted by Crippen LogP contribution is -2.23. The summed E-state index contributed by atoms with van der Waals surface area (Å²) >= 11 is 5.60. The SMILES string of the molecule is ClCCCN1C[C@H]2C[C@H]2C1. The van der Waals surface area contributed by atoms with Crippen molar-refractivity contribution in [3.8, 4) is 0 Å². The maximum absolute atomic E-state index is 5.60. The maximum Gasteiger partial charge on any atom is 0.0235 e. The Hall–Kier alpha value is 0.250. The smallest absolute Gasteiger partial charge is 0.0235 e. The molecule has 1 nitrogen and oxygen atoms in total. The normalized spacial score (nSPS) is 38.1. The number of nitrogens with zero attached hydrogens (tertiary/aromatic N) is 1. The van der Waals surface area contributed by atoms with Crippen molar-refractivity contribution in [1.29, 1.82) is 0 Å². The standard InChI is InChI=1S/C8H14ClN/c9-2-1-3-10-5-7-4-8(7)6-10/h7-8H,1-6H2/t7-,8+. The minimum atomic E-state index is 0.825. The third kappa shape index (κ3) is 1.30. The zero-order chi connectivity index (χ0) is 6.97. The Morgan fingerprint density at radius 3 is 2.60 bits per heavy atom. The molecule has 2 rings (SSSR count). The molecule has 0 aromatic rings. The van der Waals surface area contributed by atoms with Gasteiger partial charge in [0, 0.05) is 19.0 Å². The second-order valence-electron chi connectivity index (χ2n) is 3.56. The molecule has 0 radical (unpaired) electrons. The number of likely N-dealkylation sites (tertiary alicyclic amines) is 1. The Morgan fingerprint density at radius 1 is 1.30 bits per heavy atom. The van der Waals surface area contributed by atoms with Gasteiger partial charge in [0.2, 0.25) is 0 Å². The van der Waals surface area contributed by atoms with Crippen LogP contribution in [0, 0.1) is 11.8 Å². The van der Waals surface area contributed by atoms with Crippen LogP contribution >= 0.6 is 11.6 Å². The minimum absolute atomic E-state index is 0.825. The highest BCUT2D eigenvalue weighted by Crippen LogP contribution is 2.44. The molecule has 0 unspecified atom stereocenters. The third-order valence-electron chi connectivity index (χ3n) is 2.66. The van der Waals surface area contributed by atoms with Crippen molar-refractivity contribution in [3.63, 3.8) is 0 Å². The molecular formula is C8H14ClN. The molecular weight excluding hydrogens is 146 g/mol. The fourth-order valence-corrected chi connectivity index (χ4v) is 2.08. The van der Waals surface area contributed by atoms with E-state index in [1.165, 1.54) is 32.5 Å². The van der Waals surface area contributed by atoms with Gasteiger partial charge in [-0.15, -0.1) is 11.6 Å². The Balaban J connectivity index is 1.66. The molecule has 0 amide bonds. The predicted molar refractivity (Wildman–Crippen MR) is 43.4 cm³/mol. The molecule has 0 spiro atoms. The number of halogens is 1. The third-order valence-corrected chi connectivity index (χ3v) is 2.93. The summed E-state index contributed by atoms with van der Waals surface area (Å²) in [4.78, 5) is 2.56. The van der Waals surface area contributed by atoms with Gasteiger partial charge in [-0.25, -0.2) is 0 Å². The number of piperidine rings is 1. The van der Waals surface area contributed by atoms with Crippen LogP contribution in [0.3, 0.4) is 0 Å². The second-order valence-corrected chi connectivity index (χ2v) is 3.94. The highest BCUT2D eigenvalue weighted by molar-refractivity contribution is 6.17. The molecule has 0 aromatic heterocycles. The fourth-order valence-electron chi connectivity index (χ4n) is 1.96. The van der Waals surface area contributed by atoms with E-state index in [1.807, 2.05) is 0 Å². The van der Waals surface area contributed by atoms with Gasteiger partial charge in [-0.05, 0) is 31.2 Å². The lowest BCUT2D eigenvalue weighted by molar-refractivity contribution is 0.306. The van der Waals surface area contributed by atoms with E-state index in [4.69, 9.17) is 11.6 Å². The quantitative estimate of drug-likeness (QED) is 0.566. The molecule has 0 bridgehead atoms. The molecule has 58 valence electrons. The van der Waals surface area contributed by atoms with Crippen LogP contribution in [0.1, 0.15) is 12.8 Å². The average Bonchev–Trinajstić information content (AvgIpc) is 2.56. The van der Waals surface area contributed by atoms with Crippen molar-refractivity contribution >= 4 is 11.6 Å². The maximum atomic E-state index is 5.60. The predicted octanol–water partition coefficient (Wildman–Crippen LogP) is 1.57. The van der Waals surface area contributed by atoms with Crippen molar-refractivity contribution in [3.05, 3.63) is 0 Å². The molecule has 2 heteroatoms. The van der Waals surface area contributed by atoms with Gasteiger partial charge >= 0.3 is 0 Å². The first-order valence-corrected chi connectivity index (χ1v) is 4.72. The van der Waals surface area contributed by atoms with Gasteiger partial charge in [0.05, 0.1) is 0 Å². The van der Waals surface area contributed by atoms with Crippen molar-refractivity contribution in [2.75, 3.05) is 25.5 Å². The van der Waals surface area contributed by atoms with E-state index >= 15 is 0 Å². The van der Waals surface area contributed by atoms with Crippen LogP contribution in [0.4, 0.5) is 0 Å². The Bertz CT molecular complexity index is 116. The van der Waals surface area contributed by atoms with E-state index in [0.29, 0.717) is 0 Å². The minimum Gasteiger partial charge on any atom is -0.303 e. The second kappa shape index (κ2) is 2.71. The van der Waals surface area contributed by atoms with E-state index in [9.17, 15) is 0 Å². The summed E-state index contributed by atoms with van der Waals surface area (Å²) in [6.45, 7) is 3.96. The van der Waals surface area contributed by atoms with Gasteiger partial charge in [-0.2, -0.15) is 0 Å². The van der Waals surface area contributed by atoms with Gasteiger partial charge in [0.25, 0.3) is 0 Å². The van der Waals surface area contributed by atoms with Crippen molar-refractivity contribution < 1.29 is 0 Å². The molecule has 1 saturated carbocycles. The molecule has 2 atom stereocenters. The summed E-state index contributed by atoms with van der Waals surface area (Å²) in [5.74, 6) is 2.98. The van der Waals surface area contributed by atoms with Crippen molar-refractivity contribution in [1.82, 2.24) is 4.90 Å². The van der Waals surface area contributed by atoms with Crippen LogP contribution in [-0.4, -0.2) is 30.4 Å². The van der Waals surface area contributed by atoms with E-state index in [1.54, 1.807) is 0 Å². The van der Waals surface area contributed by atoms with Gasteiger partial charge in [0.15, 0.2) is 0 Å². The zero-order valence-corrected chi connectivity index (χ0v) is 6.98. The van der Waals surface area contributed by atoms with E-state index in [-0.39, 0.29) is 0 Å². The lowest BCUT2D eigenvalue weighted by atomic mass is 10.4. The zero-order valence-electron chi connectivity index (χ0n) is 6.22. The molecule has 2 aliphatic rings. The first-order valence-electron chi connectivity index (χ1n) is 4.18. The van der Waals surface area contributed by atoms with Gasteiger partial charge in [-0.1, -0.05) is 0 Å². The summed E-state index contributed by atoms with van der Waals surface area (Å²) in [6.07, 6.45) is 2.68. The molecule has 0 aromatic carbocycles. The number of alkyl halides is 1. The van der Waals surface area contributed by atoms with Crippen LogP contribution in [-0.2, 0) is 0 Å². The van der Waals surface area contributed by atoms with Crippen LogP contribution < -0.4 is 0 Å². The molecule has 2 fully saturated rings. The fraction of sp³-hybridized carbons (Fsp3) is 1.00. The summed E-state index contributed by atoms with van der Waals surface area (Å²) < 4.78 is 0. The van der Waals surface area contributed by atoms with Gasteiger partial charge < -0.3 is 4.90 Å². The summed E-state index contributed by atoms with van der Waals surface area (Å²) in [7, 11) is 0. The number of rotatable bonds is 3. The molecule has 10 heavy (non-hydrogen) atoms. The van der Waals surface area contributed by atoms with E-state index < -0.39 is 0 Å².